The second-order valence-corrected chi connectivity index (χ2v) is 5.17. The first-order valence-electron chi connectivity index (χ1n) is 6.91. The van der Waals surface area contributed by atoms with Gasteiger partial charge >= 0.3 is 6.03 Å². The van der Waals surface area contributed by atoms with Gasteiger partial charge in [0.15, 0.2) is 0 Å². The number of hydrogen-bond acceptors (Lipinski definition) is 2. The number of rotatable bonds is 4. The number of hydrogen-bond donors (Lipinski definition) is 3. The molecule has 0 heterocycles. The lowest BCUT2D eigenvalue weighted by Gasteiger charge is -2.24. The van der Waals surface area contributed by atoms with Crippen LogP contribution < -0.4 is 10.6 Å². The monoisotopic (exact) mass is 294 g/mol. The summed E-state index contributed by atoms with van der Waals surface area (Å²) in [6, 6.07) is 15.8. The lowest BCUT2D eigenvalue weighted by Crippen LogP contribution is -2.40. The summed E-state index contributed by atoms with van der Waals surface area (Å²) in [5.74, 6) is 2.51. The number of benzene rings is 2. The highest BCUT2D eigenvalue weighted by Gasteiger charge is 2.23. The van der Waals surface area contributed by atoms with E-state index in [0.717, 1.165) is 5.56 Å². The highest BCUT2D eigenvalue weighted by molar-refractivity contribution is 5.89. The molecule has 112 valence electrons. The van der Waals surface area contributed by atoms with E-state index in [9.17, 15) is 9.90 Å². The molecule has 0 saturated carbocycles. The highest BCUT2D eigenvalue weighted by atomic mass is 16.3. The maximum Gasteiger partial charge on any atom is 0.319 e. The average molecular weight is 294 g/mol. The highest BCUT2D eigenvalue weighted by Crippen LogP contribution is 2.19. The van der Waals surface area contributed by atoms with Crippen LogP contribution in [0.2, 0.25) is 0 Å². The van der Waals surface area contributed by atoms with Crippen LogP contribution in [0.4, 0.5) is 10.5 Å². The minimum atomic E-state index is -1.14. The predicted octanol–water partition coefficient (Wildman–Crippen LogP) is 2.70. The molecule has 0 fully saturated rings. The smallest absolute Gasteiger partial charge is 0.319 e. The molecule has 0 bridgehead atoms. The molecular formula is C18H18N2O2. The first-order chi connectivity index (χ1) is 10.5. The molecule has 1 atom stereocenters. The summed E-state index contributed by atoms with van der Waals surface area (Å²) in [6.45, 7) is 1.75. The Hall–Kier alpha value is -2.77. The number of amides is 2. The molecule has 2 aromatic carbocycles. The van der Waals surface area contributed by atoms with E-state index in [1.54, 1.807) is 31.2 Å². The second kappa shape index (κ2) is 6.79. The van der Waals surface area contributed by atoms with Gasteiger partial charge in [-0.2, -0.15) is 0 Å². The van der Waals surface area contributed by atoms with E-state index in [4.69, 9.17) is 6.42 Å². The lowest BCUT2D eigenvalue weighted by molar-refractivity contribution is 0.0599. The van der Waals surface area contributed by atoms with E-state index in [1.807, 2.05) is 30.3 Å². The van der Waals surface area contributed by atoms with Crippen LogP contribution >= 0.6 is 0 Å². The Labute approximate surface area is 130 Å². The molecular weight excluding hydrogens is 276 g/mol. The molecule has 0 aliphatic rings. The molecule has 2 aromatic rings. The van der Waals surface area contributed by atoms with Crippen molar-refractivity contribution in [2.75, 3.05) is 11.9 Å². The fraction of sp³-hybridized carbons (Fsp3) is 0.167. The Morgan fingerprint density at radius 2 is 1.95 bits per heavy atom. The maximum absolute atomic E-state index is 11.9. The van der Waals surface area contributed by atoms with E-state index in [0.29, 0.717) is 11.3 Å². The standard InChI is InChI=1S/C18H18N2O2/c1-3-14-8-7-11-16(12-14)20-17(21)19-13-18(2,22)15-9-5-4-6-10-15/h1,4-12,22H,13H2,2H3,(H2,19,20,21). The molecule has 2 rings (SSSR count). The van der Waals surface area contributed by atoms with Crippen molar-refractivity contribution in [2.45, 2.75) is 12.5 Å². The molecule has 0 aliphatic heterocycles. The van der Waals surface area contributed by atoms with E-state index in [1.165, 1.54) is 0 Å². The van der Waals surface area contributed by atoms with Gasteiger partial charge in [-0.1, -0.05) is 42.3 Å². The summed E-state index contributed by atoms with van der Waals surface area (Å²) >= 11 is 0. The van der Waals surface area contributed by atoms with Crippen molar-refractivity contribution >= 4 is 11.7 Å². The van der Waals surface area contributed by atoms with Gasteiger partial charge in [-0.25, -0.2) is 4.79 Å². The van der Waals surface area contributed by atoms with Crippen LogP contribution in [0.15, 0.2) is 54.6 Å². The summed E-state index contributed by atoms with van der Waals surface area (Å²) in [5.41, 5.74) is 0.894. The van der Waals surface area contributed by atoms with Crippen LogP contribution in [-0.2, 0) is 5.60 Å². The van der Waals surface area contributed by atoms with Crippen molar-refractivity contribution < 1.29 is 9.90 Å². The molecule has 2 amide bonds. The minimum Gasteiger partial charge on any atom is -0.384 e. The number of terminal acetylenes is 1. The third-order valence-electron chi connectivity index (χ3n) is 3.28. The van der Waals surface area contributed by atoms with Gasteiger partial charge < -0.3 is 15.7 Å². The molecule has 3 N–H and O–H groups in total. The molecule has 0 saturated heterocycles. The first kappa shape index (κ1) is 15.6. The minimum absolute atomic E-state index is 0.0949. The zero-order chi connectivity index (χ0) is 16.0. The fourth-order valence-corrected chi connectivity index (χ4v) is 2.01. The Morgan fingerprint density at radius 3 is 2.64 bits per heavy atom. The summed E-state index contributed by atoms with van der Waals surface area (Å²) in [4.78, 5) is 11.9. The van der Waals surface area contributed by atoms with Gasteiger partial charge in [0.25, 0.3) is 0 Å². The number of aliphatic hydroxyl groups is 1. The van der Waals surface area contributed by atoms with Crippen LogP contribution in [-0.4, -0.2) is 17.7 Å². The largest absolute Gasteiger partial charge is 0.384 e. The van der Waals surface area contributed by atoms with Crippen molar-refractivity contribution in [1.82, 2.24) is 5.32 Å². The molecule has 0 spiro atoms. The fourth-order valence-electron chi connectivity index (χ4n) is 2.01. The quantitative estimate of drug-likeness (QED) is 0.759. The Bertz CT molecular complexity index is 688. The average Bonchev–Trinajstić information content (AvgIpc) is 2.54. The van der Waals surface area contributed by atoms with Crippen LogP contribution in [0.25, 0.3) is 0 Å². The summed E-state index contributed by atoms with van der Waals surface area (Å²) < 4.78 is 0. The van der Waals surface area contributed by atoms with Crippen molar-refractivity contribution in [3.63, 3.8) is 0 Å². The van der Waals surface area contributed by atoms with Crippen LogP contribution in [0.5, 0.6) is 0 Å². The van der Waals surface area contributed by atoms with Gasteiger partial charge in [0.1, 0.15) is 5.60 Å². The number of urea groups is 1. The molecule has 0 aliphatic carbocycles. The number of anilines is 1. The van der Waals surface area contributed by atoms with Gasteiger partial charge in [-0.15, -0.1) is 6.42 Å². The maximum atomic E-state index is 11.9. The van der Waals surface area contributed by atoms with Crippen LogP contribution in [0.1, 0.15) is 18.1 Å². The zero-order valence-electron chi connectivity index (χ0n) is 12.3. The third-order valence-corrected chi connectivity index (χ3v) is 3.28. The third kappa shape index (κ3) is 4.11. The number of carbonyl (C=O) groups excluding carboxylic acids is 1. The van der Waals surface area contributed by atoms with Gasteiger partial charge in [0, 0.05) is 11.3 Å². The summed E-state index contributed by atoms with van der Waals surface area (Å²) in [7, 11) is 0. The van der Waals surface area contributed by atoms with Gasteiger partial charge in [-0.3, -0.25) is 0 Å². The van der Waals surface area contributed by atoms with E-state index < -0.39 is 11.6 Å². The first-order valence-corrected chi connectivity index (χ1v) is 6.91. The van der Waals surface area contributed by atoms with E-state index in [-0.39, 0.29) is 6.54 Å². The molecule has 0 radical (unpaired) electrons. The Balaban J connectivity index is 1.94. The lowest BCUT2D eigenvalue weighted by atomic mass is 9.96. The van der Waals surface area contributed by atoms with Gasteiger partial charge in [-0.05, 0) is 30.7 Å². The predicted molar refractivity (Wildman–Crippen MR) is 87.4 cm³/mol. The Morgan fingerprint density at radius 1 is 1.23 bits per heavy atom. The van der Waals surface area contributed by atoms with Crippen molar-refractivity contribution in [3.8, 4) is 12.3 Å². The van der Waals surface area contributed by atoms with Crippen molar-refractivity contribution in [1.29, 1.82) is 0 Å². The van der Waals surface area contributed by atoms with E-state index >= 15 is 0 Å². The topological polar surface area (TPSA) is 61.4 Å². The van der Waals surface area contributed by atoms with E-state index in [2.05, 4.69) is 16.6 Å². The van der Waals surface area contributed by atoms with Crippen molar-refractivity contribution in [3.05, 3.63) is 65.7 Å². The number of carbonyl (C=O) groups is 1. The second-order valence-electron chi connectivity index (χ2n) is 5.17. The normalized spacial score (nSPS) is 12.8. The van der Waals surface area contributed by atoms with Crippen LogP contribution in [0.3, 0.4) is 0 Å². The van der Waals surface area contributed by atoms with Crippen molar-refractivity contribution in [2.24, 2.45) is 0 Å². The number of nitrogens with one attached hydrogen (secondary N) is 2. The Kier molecular flexibility index (Phi) is 4.82. The molecule has 4 heteroatoms. The molecule has 4 nitrogen and oxygen atoms in total. The molecule has 22 heavy (non-hydrogen) atoms. The zero-order valence-corrected chi connectivity index (χ0v) is 12.3. The molecule has 0 aromatic heterocycles. The van der Waals surface area contributed by atoms with Gasteiger partial charge in [0.05, 0.1) is 6.54 Å². The molecule has 1 unspecified atom stereocenters. The SMILES string of the molecule is C#Cc1cccc(NC(=O)NCC(C)(O)c2ccccc2)c1. The van der Waals surface area contributed by atoms with Crippen LogP contribution in [0, 0.1) is 12.3 Å². The van der Waals surface area contributed by atoms with Gasteiger partial charge in [0.2, 0.25) is 0 Å². The summed E-state index contributed by atoms with van der Waals surface area (Å²) in [5, 5.41) is 15.8. The summed E-state index contributed by atoms with van der Waals surface area (Å²) in [6.07, 6.45) is 5.32.